The van der Waals surface area contributed by atoms with Gasteiger partial charge < -0.3 is 0 Å². The van der Waals surface area contributed by atoms with Crippen LogP contribution in [0.1, 0.15) is 49.0 Å². The Hall–Kier alpha value is -2.09. The molecule has 0 fully saturated rings. The van der Waals surface area contributed by atoms with Crippen LogP contribution in [-0.2, 0) is 16.0 Å². The maximum Gasteiger partial charge on any atom is 0.274 e. The van der Waals surface area contributed by atoms with Crippen LogP contribution < -0.4 is 5.32 Å². The molecule has 0 saturated heterocycles. The van der Waals surface area contributed by atoms with Crippen LogP contribution in [-0.4, -0.2) is 39.8 Å². The van der Waals surface area contributed by atoms with Gasteiger partial charge in [0.15, 0.2) is 10.9 Å². The summed E-state index contributed by atoms with van der Waals surface area (Å²) in [4.78, 5) is 41.0. The second-order valence-electron chi connectivity index (χ2n) is 6.52. The second-order valence-corrected chi connectivity index (χ2v) is 7.52. The van der Waals surface area contributed by atoms with Crippen LogP contribution in [0.5, 0.6) is 0 Å². The highest BCUT2D eigenvalue weighted by Crippen LogP contribution is 2.38. The molecule has 1 aromatic rings. The number of nitrogens with zero attached hydrogens (tertiary/aromatic N) is 3. The molecular weight excluding hydrogens is 316 g/mol. The lowest BCUT2D eigenvalue weighted by Gasteiger charge is -2.26. The minimum absolute atomic E-state index is 0.00325. The molecular formula is C15H18N4O3S. The first-order valence-electron chi connectivity index (χ1n) is 7.51. The number of carbonyl (C=O) groups is 3. The van der Waals surface area contributed by atoms with Crippen LogP contribution in [0.4, 0.5) is 5.13 Å². The van der Waals surface area contributed by atoms with Gasteiger partial charge in [-0.15, -0.1) is 0 Å². The van der Waals surface area contributed by atoms with E-state index in [0.717, 1.165) is 5.69 Å². The summed E-state index contributed by atoms with van der Waals surface area (Å²) in [5.74, 6) is -0.556. The Morgan fingerprint density at radius 2 is 2.09 bits per heavy atom. The Morgan fingerprint density at radius 1 is 1.35 bits per heavy atom. The minimum Gasteiger partial charge on any atom is -0.297 e. The fourth-order valence-corrected chi connectivity index (χ4v) is 3.70. The van der Waals surface area contributed by atoms with Crippen molar-refractivity contribution in [3.63, 3.8) is 0 Å². The Bertz CT molecular complexity index is 735. The summed E-state index contributed by atoms with van der Waals surface area (Å²) in [6.45, 7) is 6.29. The largest absolute Gasteiger partial charge is 0.297 e. The normalized spacial score (nSPS) is 19.6. The smallest absolute Gasteiger partial charge is 0.274 e. The van der Waals surface area contributed by atoms with Crippen LogP contribution in [0.25, 0.3) is 0 Å². The Morgan fingerprint density at radius 3 is 2.74 bits per heavy atom. The van der Waals surface area contributed by atoms with E-state index in [4.69, 9.17) is 0 Å². The number of aromatic nitrogens is 1. The van der Waals surface area contributed by atoms with Crippen LogP contribution in [0.15, 0.2) is 5.10 Å². The number of amides is 2. The summed E-state index contributed by atoms with van der Waals surface area (Å²) in [5, 5.41) is 8.32. The maximum absolute atomic E-state index is 12.2. The molecule has 23 heavy (non-hydrogen) atoms. The van der Waals surface area contributed by atoms with Gasteiger partial charge in [-0.1, -0.05) is 25.2 Å². The Labute approximate surface area is 137 Å². The highest BCUT2D eigenvalue weighted by atomic mass is 32.1. The van der Waals surface area contributed by atoms with Crippen LogP contribution in [0, 0.1) is 5.41 Å². The molecule has 0 atom stereocenters. The molecule has 1 aromatic heterocycles. The Kier molecular flexibility index (Phi) is 3.79. The average molecular weight is 334 g/mol. The predicted molar refractivity (Wildman–Crippen MR) is 86.6 cm³/mol. The number of hydrogen-bond acceptors (Lipinski definition) is 6. The fraction of sp³-hybridized carbons (Fsp3) is 0.533. The molecule has 8 heteroatoms. The summed E-state index contributed by atoms with van der Waals surface area (Å²) in [7, 11) is 0. The van der Waals surface area contributed by atoms with Crippen LogP contribution in [0.2, 0.25) is 0 Å². The van der Waals surface area contributed by atoms with Gasteiger partial charge in [0.1, 0.15) is 5.71 Å². The Balaban J connectivity index is 1.76. The van der Waals surface area contributed by atoms with Crippen molar-refractivity contribution in [1.29, 1.82) is 0 Å². The fourth-order valence-electron chi connectivity index (χ4n) is 2.79. The van der Waals surface area contributed by atoms with Gasteiger partial charge in [-0.3, -0.25) is 19.7 Å². The zero-order chi connectivity index (χ0) is 16.8. The number of hydrazone groups is 1. The molecule has 2 heterocycles. The molecule has 3 rings (SSSR count). The summed E-state index contributed by atoms with van der Waals surface area (Å²) >= 11 is 1.19. The van der Waals surface area contributed by atoms with E-state index in [0.29, 0.717) is 29.4 Å². The zero-order valence-corrected chi connectivity index (χ0v) is 14.1. The first kappa shape index (κ1) is 15.8. The summed E-state index contributed by atoms with van der Waals surface area (Å²) in [5.41, 5.74) is 0.811. The number of carbonyl (C=O) groups excluding carboxylic acids is 3. The van der Waals surface area contributed by atoms with Gasteiger partial charge in [0, 0.05) is 13.0 Å². The van der Waals surface area contributed by atoms with Gasteiger partial charge in [-0.25, -0.2) is 9.99 Å². The van der Waals surface area contributed by atoms with Crippen molar-refractivity contribution in [2.75, 3.05) is 11.9 Å². The molecule has 0 unspecified atom stereocenters. The topological polar surface area (TPSA) is 91.7 Å². The number of nitrogens with one attached hydrogen (secondary N) is 1. The first-order valence-corrected chi connectivity index (χ1v) is 8.33. The molecule has 1 aliphatic carbocycles. The number of hydrogen-bond donors (Lipinski definition) is 1. The number of fused-ring (bicyclic) bond motifs is 1. The van der Waals surface area contributed by atoms with Crippen molar-refractivity contribution in [3.8, 4) is 0 Å². The monoisotopic (exact) mass is 334 g/mol. The molecule has 0 saturated carbocycles. The van der Waals surface area contributed by atoms with E-state index in [-0.39, 0.29) is 29.2 Å². The molecule has 2 aliphatic rings. The molecule has 122 valence electrons. The molecule has 0 aromatic carbocycles. The molecule has 1 N–H and O–H groups in total. The third-order valence-corrected chi connectivity index (χ3v) is 4.92. The molecule has 0 spiro atoms. The van der Waals surface area contributed by atoms with E-state index in [9.17, 15) is 14.4 Å². The number of thiazole rings is 1. The van der Waals surface area contributed by atoms with Crippen molar-refractivity contribution in [3.05, 3.63) is 10.6 Å². The van der Waals surface area contributed by atoms with E-state index in [2.05, 4.69) is 15.4 Å². The lowest BCUT2D eigenvalue weighted by molar-refractivity contribution is -0.128. The predicted octanol–water partition coefficient (Wildman–Crippen LogP) is 1.84. The van der Waals surface area contributed by atoms with Crippen molar-refractivity contribution in [2.45, 2.75) is 40.0 Å². The quantitative estimate of drug-likeness (QED) is 0.913. The van der Waals surface area contributed by atoms with E-state index in [1.807, 2.05) is 13.8 Å². The zero-order valence-electron chi connectivity index (χ0n) is 13.3. The first-order chi connectivity index (χ1) is 10.8. The number of Topliss-reactive ketones (excluding diaryl/α,β-unsaturated/α-hetero) is 1. The van der Waals surface area contributed by atoms with Crippen molar-refractivity contribution >= 4 is 39.8 Å². The molecule has 2 amide bonds. The lowest BCUT2D eigenvalue weighted by atomic mass is 9.78. The van der Waals surface area contributed by atoms with Gasteiger partial charge in [0.25, 0.3) is 5.91 Å². The summed E-state index contributed by atoms with van der Waals surface area (Å²) in [6, 6.07) is 0. The third kappa shape index (κ3) is 3.03. The van der Waals surface area contributed by atoms with Gasteiger partial charge in [0.05, 0.1) is 17.0 Å². The standard InChI is InChI=1S/C15H18N4O3S/c1-4-19-11(21)5-8(18-19)13(22)17-14-16-9-6-15(2,3)7-10(20)12(9)23-14/h4-7H2,1-3H3,(H,16,17,22). The van der Waals surface area contributed by atoms with Crippen LogP contribution >= 0.6 is 11.3 Å². The lowest BCUT2D eigenvalue weighted by Crippen LogP contribution is -2.26. The summed E-state index contributed by atoms with van der Waals surface area (Å²) < 4.78 is 0. The van der Waals surface area contributed by atoms with E-state index >= 15 is 0 Å². The number of ketones is 1. The second kappa shape index (κ2) is 5.52. The highest BCUT2D eigenvalue weighted by Gasteiger charge is 2.34. The maximum atomic E-state index is 12.2. The minimum atomic E-state index is -0.438. The third-order valence-electron chi connectivity index (χ3n) is 3.87. The van der Waals surface area contributed by atoms with E-state index in [1.54, 1.807) is 6.92 Å². The number of anilines is 1. The van der Waals surface area contributed by atoms with Crippen molar-refractivity contribution in [2.24, 2.45) is 10.5 Å². The average Bonchev–Trinajstić information content (AvgIpc) is 3.00. The molecule has 1 aliphatic heterocycles. The highest BCUT2D eigenvalue weighted by molar-refractivity contribution is 7.17. The van der Waals surface area contributed by atoms with Gasteiger partial charge in [-0.2, -0.15) is 5.10 Å². The van der Waals surface area contributed by atoms with Crippen LogP contribution in [0.3, 0.4) is 0 Å². The van der Waals surface area contributed by atoms with Crippen molar-refractivity contribution in [1.82, 2.24) is 9.99 Å². The summed E-state index contributed by atoms with van der Waals surface area (Å²) in [6.07, 6.45) is 1.20. The number of rotatable bonds is 3. The molecule has 0 bridgehead atoms. The van der Waals surface area contributed by atoms with Gasteiger partial charge >= 0.3 is 0 Å². The van der Waals surface area contributed by atoms with E-state index in [1.165, 1.54) is 16.3 Å². The molecule has 0 radical (unpaired) electrons. The molecule has 7 nitrogen and oxygen atoms in total. The SMILES string of the molecule is CCN1N=C(C(=O)Nc2nc3c(s2)C(=O)CC(C)(C)C3)CC1=O. The van der Waals surface area contributed by atoms with Gasteiger partial charge in [0.2, 0.25) is 5.91 Å². The van der Waals surface area contributed by atoms with E-state index < -0.39 is 5.91 Å². The van der Waals surface area contributed by atoms with Gasteiger partial charge in [-0.05, 0) is 18.8 Å². The van der Waals surface area contributed by atoms with Crippen molar-refractivity contribution < 1.29 is 14.4 Å².